The SMILES string of the molecule is CC(C)N1CCC(C(=O)Nc2[c]cc(Cl)cc2C(=O)Nc2ccc(Cl)cn2)CC1. The van der Waals surface area contributed by atoms with Crippen molar-refractivity contribution in [2.75, 3.05) is 23.7 Å². The number of likely N-dealkylation sites (tertiary alicyclic amines) is 1. The molecule has 2 heterocycles. The normalized spacial score (nSPS) is 15.3. The van der Waals surface area contributed by atoms with E-state index in [1.54, 1.807) is 12.1 Å². The second-order valence-corrected chi connectivity index (χ2v) is 8.19. The average Bonchev–Trinajstić information content (AvgIpc) is 2.71. The van der Waals surface area contributed by atoms with E-state index in [1.807, 2.05) is 0 Å². The van der Waals surface area contributed by atoms with Crippen LogP contribution in [0.15, 0.2) is 30.5 Å². The monoisotopic (exact) mass is 433 g/mol. The van der Waals surface area contributed by atoms with Gasteiger partial charge in [-0.3, -0.25) is 9.59 Å². The van der Waals surface area contributed by atoms with E-state index >= 15 is 0 Å². The number of rotatable bonds is 5. The molecule has 2 amide bonds. The molecule has 0 atom stereocenters. The van der Waals surface area contributed by atoms with E-state index in [4.69, 9.17) is 23.2 Å². The second-order valence-electron chi connectivity index (χ2n) is 7.32. The smallest absolute Gasteiger partial charge is 0.259 e. The van der Waals surface area contributed by atoms with Gasteiger partial charge in [0.1, 0.15) is 5.82 Å². The Bertz CT molecular complexity index is 879. The van der Waals surface area contributed by atoms with Gasteiger partial charge < -0.3 is 15.5 Å². The number of pyridine rings is 1. The second kappa shape index (κ2) is 9.57. The van der Waals surface area contributed by atoms with E-state index in [0.29, 0.717) is 27.6 Å². The summed E-state index contributed by atoms with van der Waals surface area (Å²) >= 11 is 11.9. The van der Waals surface area contributed by atoms with Crippen LogP contribution in [0.4, 0.5) is 11.5 Å². The lowest BCUT2D eigenvalue weighted by Crippen LogP contribution is -2.41. The number of anilines is 2. The van der Waals surface area contributed by atoms with Crippen molar-refractivity contribution >= 4 is 46.5 Å². The lowest BCUT2D eigenvalue weighted by Gasteiger charge is -2.34. The Hall–Kier alpha value is -2.15. The molecule has 2 N–H and O–H groups in total. The van der Waals surface area contributed by atoms with Crippen LogP contribution in [-0.4, -0.2) is 40.8 Å². The number of aromatic nitrogens is 1. The molecule has 29 heavy (non-hydrogen) atoms. The molecule has 153 valence electrons. The molecule has 0 aliphatic carbocycles. The third-order valence-corrected chi connectivity index (χ3v) is 5.44. The minimum absolute atomic E-state index is 0.0945. The van der Waals surface area contributed by atoms with Gasteiger partial charge in [-0.1, -0.05) is 23.2 Å². The van der Waals surface area contributed by atoms with Crippen LogP contribution in [0.1, 0.15) is 37.0 Å². The van der Waals surface area contributed by atoms with Crippen LogP contribution in [0.5, 0.6) is 0 Å². The zero-order valence-corrected chi connectivity index (χ0v) is 17.8. The summed E-state index contributed by atoms with van der Waals surface area (Å²) in [5, 5.41) is 6.35. The minimum Gasteiger partial charge on any atom is -0.325 e. The number of benzene rings is 1. The van der Waals surface area contributed by atoms with Gasteiger partial charge in [-0.15, -0.1) is 0 Å². The van der Waals surface area contributed by atoms with E-state index in [2.05, 4.69) is 40.4 Å². The molecular weight excluding hydrogens is 411 g/mol. The molecule has 0 bridgehead atoms. The largest absolute Gasteiger partial charge is 0.325 e. The summed E-state index contributed by atoms with van der Waals surface area (Å²) in [4.78, 5) is 31.9. The van der Waals surface area contributed by atoms with Crippen molar-refractivity contribution in [1.82, 2.24) is 9.88 Å². The first-order chi connectivity index (χ1) is 13.8. The first kappa shape index (κ1) is 21.6. The molecule has 1 aliphatic rings. The summed E-state index contributed by atoms with van der Waals surface area (Å²) in [5.41, 5.74) is 0.527. The van der Waals surface area contributed by atoms with Gasteiger partial charge in [0.25, 0.3) is 5.91 Å². The maximum atomic E-state index is 12.8. The number of nitrogens with zero attached hydrogens (tertiary/aromatic N) is 2. The molecule has 0 unspecified atom stereocenters. The summed E-state index contributed by atoms with van der Waals surface area (Å²) in [6.07, 6.45) is 3.01. The summed E-state index contributed by atoms with van der Waals surface area (Å²) in [6, 6.07) is 9.62. The molecule has 1 fully saturated rings. The molecule has 1 aliphatic heterocycles. The highest BCUT2D eigenvalue weighted by Crippen LogP contribution is 2.25. The Kier molecular flexibility index (Phi) is 7.11. The maximum absolute atomic E-state index is 12.8. The molecule has 3 rings (SSSR count). The third-order valence-electron chi connectivity index (χ3n) is 5.00. The fraction of sp³-hybridized carbons (Fsp3) is 0.381. The van der Waals surface area contributed by atoms with Gasteiger partial charge in [0.15, 0.2) is 0 Å². The van der Waals surface area contributed by atoms with E-state index in [-0.39, 0.29) is 17.4 Å². The van der Waals surface area contributed by atoms with E-state index in [0.717, 1.165) is 25.9 Å². The maximum Gasteiger partial charge on any atom is 0.259 e. The molecule has 0 spiro atoms. The van der Waals surface area contributed by atoms with Crippen LogP contribution in [0, 0.1) is 12.0 Å². The quantitative estimate of drug-likeness (QED) is 0.727. The van der Waals surface area contributed by atoms with Crippen LogP contribution < -0.4 is 10.6 Å². The number of halogens is 2. The van der Waals surface area contributed by atoms with Gasteiger partial charge in [-0.25, -0.2) is 4.98 Å². The Balaban J connectivity index is 1.70. The highest BCUT2D eigenvalue weighted by Gasteiger charge is 2.27. The molecule has 1 radical (unpaired) electrons. The summed E-state index contributed by atoms with van der Waals surface area (Å²) in [6.45, 7) is 6.08. The molecular formula is C21H23Cl2N4O2. The highest BCUT2D eigenvalue weighted by atomic mass is 35.5. The van der Waals surface area contributed by atoms with Gasteiger partial charge in [0, 0.05) is 29.2 Å². The van der Waals surface area contributed by atoms with Gasteiger partial charge in [0.2, 0.25) is 5.91 Å². The number of carbonyl (C=O) groups excluding carboxylic acids is 2. The molecule has 0 saturated carbocycles. The average molecular weight is 434 g/mol. The van der Waals surface area contributed by atoms with Crippen LogP contribution in [0.3, 0.4) is 0 Å². The Labute approximate surface area is 180 Å². The van der Waals surface area contributed by atoms with Crippen molar-refractivity contribution in [3.05, 3.63) is 52.1 Å². The van der Waals surface area contributed by atoms with Gasteiger partial charge in [-0.2, -0.15) is 0 Å². The summed E-state index contributed by atoms with van der Waals surface area (Å²) < 4.78 is 0. The number of nitrogens with one attached hydrogen (secondary N) is 2. The van der Waals surface area contributed by atoms with Gasteiger partial charge in [0.05, 0.1) is 16.3 Å². The van der Waals surface area contributed by atoms with Crippen LogP contribution >= 0.6 is 23.2 Å². The van der Waals surface area contributed by atoms with Crippen molar-refractivity contribution in [3.63, 3.8) is 0 Å². The van der Waals surface area contributed by atoms with Gasteiger partial charge >= 0.3 is 0 Å². The third kappa shape index (κ3) is 5.69. The topological polar surface area (TPSA) is 74.3 Å². The Morgan fingerprint density at radius 1 is 1.17 bits per heavy atom. The molecule has 8 heteroatoms. The molecule has 6 nitrogen and oxygen atoms in total. The zero-order chi connectivity index (χ0) is 21.0. The van der Waals surface area contributed by atoms with Crippen LogP contribution in [-0.2, 0) is 4.79 Å². The summed E-state index contributed by atoms with van der Waals surface area (Å²) in [7, 11) is 0. The Morgan fingerprint density at radius 3 is 2.52 bits per heavy atom. The standard InChI is InChI=1S/C21H23Cl2N4O2/c1-13(2)27-9-7-14(8-10-27)20(28)25-18-5-3-15(22)11-17(18)21(29)26-19-6-4-16(23)12-24-19/h3-4,6,11-14H,7-10H2,1-2H3,(H,25,28)(H,24,26,29). The number of hydrogen-bond acceptors (Lipinski definition) is 4. The van der Waals surface area contributed by atoms with Gasteiger partial charge in [-0.05, 0) is 64.0 Å². The molecule has 1 aromatic heterocycles. The Morgan fingerprint density at radius 2 is 1.90 bits per heavy atom. The van der Waals surface area contributed by atoms with Crippen molar-refractivity contribution in [2.45, 2.75) is 32.7 Å². The van der Waals surface area contributed by atoms with Crippen molar-refractivity contribution in [2.24, 2.45) is 5.92 Å². The zero-order valence-electron chi connectivity index (χ0n) is 16.3. The van der Waals surface area contributed by atoms with Crippen molar-refractivity contribution in [1.29, 1.82) is 0 Å². The molecule has 2 aromatic rings. The highest BCUT2D eigenvalue weighted by molar-refractivity contribution is 6.31. The number of amides is 2. The molecule has 1 saturated heterocycles. The first-order valence-electron chi connectivity index (χ1n) is 9.52. The number of hydrogen-bond donors (Lipinski definition) is 2. The molecule has 1 aromatic carbocycles. The predicted octanol–water partition coefficient (Wildman–Crippen LogP) is 4.50. The van der Waals surface area contributed by atoms with E-state index in [9.17, 15) is 9.59 Å². The fourth-order valence-corrected chi connectivity index (χ4v) is 3.57. The van der Waals surface area contributed by atoms with Crippen molar-refractivity contribution in [3.8, 4) is 0 Å². The number of piperidine rings is 1. The summed E-state index contributed by atoms with van der Waals surface area (Å²) in [5.74, 6) is -0.297. The van der Waals surface area contributed by atoms with Crippen LogP contribution in [0.25, 0.3) is 0 Å². The minimum atomic E-state index is -0.441. The lowest BCUT2D eigenvalue weighted by atomic mass is 9.95. The van der Waals surface area contributed by atoms with E-state index in [1.165, 1.54) is 18.3 Å². The van der Waals surface area contributed by atoms with Crippen molar-refractivity contribution < 1.29 is 9.59 Å². The fourth-order valence-electron chi connectivity index (χ4n) is 3.29. The van der Waals surface area contributed by atoms with Crippen LogP contribution in [0.2, 0.25) is 10.0 Å². The number of carbonyl (C=O) groups is 2. The van der Waals surface area contributed by atoms with E-state index < -0.39 is 5.91 Å². The first-order valence-corrected chi connectivity index (χ1v) is 10.3. The predicted molar refractivity (Wildman–Crippen MR) is 116 cm³/mol. The lowest BCUT2D eigenvalue weighted by molar-refractivity contribution is -0.121.